The van der Waals surface area contributed by atoms with Gasteiger partial charge in [-0.3, -0.25) is 24.7 Å². The molecule has 6 nitrogen and oxygen atoms in total. The van der Waals surface area contributed by atoms with E-state index in [0.717, 1.165) is 24.6 Å². The van der Waals surface area contributed by atoms with Gasteiger partial charge < -0.3 is 0 Å². The number of nitrogens with one attached hydrogen (secondary N) is 1. The van der Waals surface area contributed by atoms with E-state index in [-0.39, 0.29) is 22.8 Å². The monoisotopic (exact) mass is 245 g/mol. The van der Waals surface area contributed by atoms with Crippen LogP contribution < -0.4 is 11.3 Å². The summed E-state index contributed by atoms with van der Waals surface area (Å²) in [6, 6.07) is 0. The molecule has 16 heavy (non-hydrogen) atoms. The number of rotatable bonds is 6. The number of carbonyl (C=O) groups is 3. The molecule has 0 radical (unpaired) electrons. The van der Waals surface area contributed by atoms with E-state index in [2.05, 4.69) is 5.43 Å². The van der Waals surface area contributed by atoms with E-state index in [1.165, 1.54) is 4.90 Å². The Morgan fingerprint density at radius 3 is 2.69 bits per heavy atom. The fourth-order valence-electron chi connectivity index (χ4n) is 1.40. The number of hydrogen-bond acceptors (Lipinski definition) is 5. The molecule has 0 aliphatic carbocycles. The zero-order valence-corrected chi connectivity index (χ0v) is 9.72. The molecule has 1 aliphatic rings. The number of unbranched alkanes of at least 4 members (excludes halogenated alkanes) is 2. The summed E-state index contributed by atoms with van der Waals surface area (Å²) in [6.07, 6.45) is 2.63. The van der Waals surface area contributed by atoms with Crippen LogP contribution in [0.2, 0.25) is 0 Å². The maximum atomic E-state index is 11.2. The second kappa shape index (κ2) is 6.49. The van der Waals surface area contributed by atoms with E-state index in [1.807, 2.05) is 0 Å². The van der Waals surface area contributed by atoms with E-state index in [9.17, 15) is 14.4 Å². The second-order valence-corrected chi connectivity index (χ2v) is 4.40. The second-order valence-electron chi connectivity index (χ2n) is 3.48. The third-order valence-electron chi connectivity index (χ3n) is 2.29. The molecule has 1 fully saturated rings. The highest BCUT2D eigenvalue weighted by Gasteiger charge is 2.28. The Hall–Kier alpha value is -1.08. The minimum Gasteiger partial charge on any atom is -0.294 e. The average Bonchev–Trinajstić information content (AvgIpc) is 2.59. The first-order valence-corrected chi connectivity index (χ1v) is 6.10. The Morgan fingerprint density at radius 1 is 1.38 bits per heavy atom. The smallest absolute Gasteiger partial charge is 0.288 e. The van der Waals surface area contributed by atoms with Crippen LogP contribution in [-0.2, 0) is 9.59 Å². The van der Waals surface area contributed by atoms with Gasteiger partial charge in [-0.2, -0.15) is 0 Å². The number of carbonyl (C=O) groups excluding carboxylic acids is 3. The first-order valence-electron chi connectivity index (χ1n) is 5.11. The zero-order valence-electron chi connectivity index (χ0n) is 8.90. The number of nitrogens with two attached hydrogens (primary N) is 1. The maximum Gasteiger partial charge on any atom is 0.288 e. The first-order chi connectivity index (χ1) is 7.65. The maximum absolute atomic E-state index is 11.2. The molecule has 0 atom stereocenters. The van der Waals surface area contributed by atoms with Crippen molar-refractivity contribution in [3.05, 3.63) is 0 Å². The quantitative estimate of drug-likeness (QED) is 0.302. The molecular formula is C9H15N3O3S. The Bertz CT molecular complexity index is 280. The van der Waals surface area contributed by atoms with Gasteiger partial charge in [-0.25, -0.2) is 5.84 Å². The Kier molecular flexibility index (Phi) is 5.27. The topological polar surface area (TPSA) is 92.5 Å². The van der Waals surface area contributed by atoms with Gasteiger partial charge in [0.25, 0.3) is 5.24 Å². The van der Waals surface area contributed by atoms with Crippen molar-refractivity contribution in [3.8, 4) is 0 Å². The molecule has 0 aromatic rings. The highest BCUT2D eigenvalue weighted by Crippen LogP contribution is 2.19. The highest BCUT2D eigenvalue weighted by atomic mass is 32.2. The van der Waals surface area contributed by atoms with Crippen molar-refractivity contribution in [3.63, 3.8) is 0 Å². The standard InChI is InChI=1S/C9H15N3O3S/c10-11-7(13)4-2-1-3-5-12-8(14)6-16-9(12)15/h1-6,10H2,(H,11,13). The molecule has 90 valence electrons. The summed E-state index contributed by atoms with van der Waals surface area (Å²) >= 11 is 1.04. The van der Waals surface area contributed by atoms with Gasteiger partial charge in [0.1, 0.15) is 0 Å². The third kappa shape index (κ3) is 3.82. The molecule has 1 saturated heterocycles. The highest BCUT2D eigenvalue weighted by molar-refractivity contribution is 8.14. The third-order valence-corrected chi connectivity index (χ3v) is 3.15. The van der Waals surface area contributed by atoms with Crippen molar-refractivity contribution in [1.29, 1.82) is 0 Å². The SMILES string of the molecule is NNC(=O)CCCCCN1C(=O)CSC1=O. The fraction of sp³-hybridized carbons (Fsp3) is 0.667. The summed E-state index contributed by atoms with van der Waals surface area (Å²) in [4.78, 5) is 34.4. The summed E-state index contributed by atoms with van der Waals surface area (Å²) in [5, 5.41) is -0.162. The van der Waals surface area contributed by atoms with Crippen LogP contribution in [0.3, 0.4) is 0 Å². The van der Waals surface area contributed by atoms with E-state index < -0.39 is 0 Å². The molecule has 3 N–H and O–H groups in total. The van der Waals surface area contributed by atoms with Crippen LogP contribution in [0.1, 0.15) is 25.7 Å². The lowest BCUT2D eigenvalue weighted by atomic mass is 10.2. The largest absolute Gasteiger partial charge is 0.294 e. The van der Waals surface area contributed by atoms with Crippen LogP contribution in [0.4, 0.5) is 4.79 Å². The number of nitrogens with zero attached hydrogens (tertiary/aromatic N) is 1. The lowest BCUT2D eigenvalue weighted by Crippen LogP contribution is -2.30. The molecule has 0 bridgehead atoms. The van der Waals surface area contributed by atoms with Crippen LogP contribution in [0.25, 0.3) is 0 Å². The van der Waals surface area contributed by atoms with E-state index in [1.54, 1.807) is 0 Å². The molecule has 7 heteroatoms. The normalized spacial score (nSPS) is 15.7. The van der Waals surface area contributed by atoms with Crippen molar-refractivity contribution in [2.75, 3.05) is 12.3 Å². The van der Waals surface area contributed by atoms with Crippen molar-refractivity contribution in [2.24, 2.45) is 5.84 Å². The van der Waals surface area contributed by atoms with Crippen LogP contribution in [0.15, 0.2) is 0 Å². The molecule has 3 amide bonds. The van der Waals surface area contributed by atoms with E-state index in [0.29, 0.717) is 19.4 Å². The average molecular weight is 245 g/mol. The molecule has 0 aromatic heterocycles. The number of thioether (sulfide) groups is 1. The van der Waals surface area contributed by atoms with Gasteiger partial charge in [0.15, 0.2) is 0 Å². The summed E-state index contributed by atoms with van der Waals surface area (Å²) in [5.74, 6) is 4.87. The first kappa shape index (κ1) is 13.0. The Morgan fingerprint density at radius 2 is 2.12 bits per heavy atom. The predicted octanol–water partition coefficient (Wildman–Crippen LogP) is 0.232. The fourth-order valence-corrected chi connectivity index (χ4v) is 2.15. The molecule has 1 aliphatic heterocycles. The van der Waals surface area contributed by atoms with Gasteiger partial charge in [0.05, 0.1) is 5.75 Å². The Labute approximate surface area is 97.9 Å². The van der Waals surface area contributed by atoms with Crippen molar-refractivity contribution in [2.45, 2.75) is 25.7 Å². The van der Waals surface area contributed by atoms with Gasteiger partial charge in [-0.1, -0.05) is 18.2 Å². The van der Waals surface area contributed by atoms with Crippen LogP contribution in [-0.4, -0.2) is 34.3 Å². The lowest BCUT2D eigenvalue weighted by Gasteiger charge is -2.11. The van der Waals surface area contributed by atoms with Crippen molar-refractivity contribution < 1.29 is 14.4 Å². The minimum atomic E-state index is -0.191. The van der Waals surface area contributed by atoms with Gasteiger partial charge in [0.2, 0.25) is 11.8 Å². The minimum absolute atomic E-state index is 0.116. The number of hydrogen-bond donors (Lipinski definition) is 2. The molecule has 0 unspecified atom stereocenters. The van der Waals surface area contributed by atoms with Gasteiger partial charge in [-0.15, -0.1) is 0 Å². The number of hydrazine groups is 1. The Balaban J connectivity index is 2.09. The molecule has 0 aromatic carbocycles. The summed E-state index contributed by atoms with van der Waals surface area (Å²) in [6.45, 7) is 0.453. The van der Waals surface area contributed by atoms with Gasteiger partial charge >= 0.3 is 0 Å². The summed E-state index contributed by atoms with van der Waals surface area (Å²) in [7, 11) is 0. The van der Waals surface area contributed by atoms with Crippen LogP contribution in [0.5, 0.6) is 0 Å². The predicted molar refractivity (Wildman–Crippen MR) is 60.4 cm³/mol. The number of amides is 3. The molecular weight excluding hydrogens is 230 g/mol. The summed E-state index contributed by atoms with van der Waals surface area (Å²) < 4.78 is 0. The van der Waals surface area contributed by atoms with Crippen molar-refractivity contribution >= 4 is 28.8 Å². The molecule has 0 spiro atoms. The van der Waals surface area contributed by atoms with Crippen molar-refractivity contribution in [1.82, 2.24) is 10.3 Å². The molecule has 0 saturated carbocycles. The van der Waals surface area contributed by atoms with E-state index in [4.69, 9.17) is 5.84 Å². The summed E-state index contributed by atoms with van der Waals surface area (Å²) in [5.41, 5.74) is 2.05. The lowest BCUT2D eigenvalue weighted by molar-refractivity contribution is -0.125. The van der Waals surface area contributed by atoms with Crippen LogP contribution >= 0.6 is 11.8 Å². The van der Waals surface area contributed by atoms with Crippen LogP contribution in [0, 0.1) is 0 Å². The zero-order chi connectivity index (χ0) is 12.0. The van der Waals surface area contributed by atoms with Gasteiger partial charge in [0, 0.05) is 13.0 Å². The van der Waals surface area contributed by atoms with E-state index >= 15 is 0 Å². The molecule has 1 rings (SSSR count). The van der Waals surface area contributed by atoms with Gasteiger partial charge in [-0.05, 0) is 12.8 Å². The number of imide groups is 1. The molecule has 1 heterocycles.